The molecule has 4 rings (SSSR count). The average molecular weight is 360 g/mol. The van der Waals surface area contributed by atoms with E-state index < -0.39 is 12.2 Å². The number of aliphatic hydroxyl groups excluding tert-OH is 2. The Bertz CT molecular complexity index is 727. The molecule has 1 aliphatic heterocycles. The van der Waals surface area contributed by atoms with Crippen LogP contribution in [0, 0.1) is 0 Å². The number of ether oxygens (including phenoxy) is 1. The van der Waals surface area contributed by atoms with Crippen LogP contribution in [0.3, 0.4) is 0 Å². The molecule has 0 spiro atoms. The summed E-state index contributed by atoms with van der Waals surface area (Å²) in [5.74, 6) is 0. The third-order valence-electron chi connectivity index (χ3n) is 5.62. The van der Waals surface area contributed by atoms with Crippen molar-refractivity contribution in [3.05, 3.63) is 18.6 Å². The Hall–Kier alpha value is -1.70. The lowest BCUT2D eigenvalue weighted by atomic mass is 9.96. The molecule has 2 aromatic heterocycles. The summed E-state index contributed by atoms with van der Waals surface area (Å²) in [5, 5.41) is 23.0. The smallest absolute Gasteiger partial charge is 0.164 e. The fourth-order valence-electron chi connectivity index (χ4n) is 4.13. The summed E-state index contributed by atoms with van der Waals surface area (Å²) in [6, 6.07) is 2.47. The summed E-state index contributed by atoms with van der Waals surface area (Å²) in [6.45, 7) is -0.188. The van der Waals surface area contributed by atoms with Crippen LogP contribution in [-0.2, 0) is 4.74 Å². The molecule has 142 valence electrons. The monoisotopic (exact) mass is 360 g/mol. The molecule has 2 aromatic rings. The fraction of sp³-hybridized carbons (Fsp3) is 0.684. The van der Waals surface area contributed by atoms with Crippen molar-refractivity contribution in [3.63, 3.8) is 0 Å². The highest BCUT2D eigenvalue weighted by Crippen LogP contribution is 2.32. The molecule has 2 fully saturated rings. The molecule has 3 heterocycles. The third-order valence-corrected chi connectivity index (χ3v) is 5.62. The van der Waals surface area contributed by atoms with Gasteiger partial charge in [0.2, 0.25) is 0 Å². The van der Waals surface area contributed by atoms with Crippen LogP contribution in [0.25, 0.3) is 11.2 Å². The summed E-state index contributed by atoms with van der Waals surface area (Å²) in [6.07, 6.45) is 11.3. The standard InChI is InChI=1S/C19H28N4O3/c24-11-16-15(25)10-17(26-16)23-12-21-18-14(8-9-20-19(18)23)22-13-6-4-2-1-3-5-7-13/h8-9,12-13,15-17,24-25H,1-7,10-11H2,(H,20,22)/t15-,16+,17+/m0/s1. The topological polar surface area (TPSA) is 92.4 Å². The van der Waals surface area contributed by atoms with Crippen LogP contribution in [0.4, 0.5) is 5.69 Å². The van der Waals surface area contributed by atoms with Crippen molar-refractivity contribution in [2.75, 3.05) is 11.9 Å². The molecule has 7 heteroatoms. The molecular formula is C19H28N4O3. The van der Waals surface area contributed by atoms with Gasteiger partial charge in [0.05, 0.1) is 24.7 Å². The quantitative estimate of drug-likeness (QED) is 0.776. The Kier molecular flexibility index (Phi) is 5.38. The largest absolute Gasteiger partial charge is 0.394 e. The number of nitrogens with one attached hydrogen (secondary N) is 1. The van der Waals surface area contributed by atoms with E-state index in [0.717, 1.165) is 16.9 Å². The van der Waals surface area contributed by atoms with E-state index in [4.69, 9.17) is 4.74 Å². The van der Waals surface area contributed by atoms with Gasteiger partial charge in [0.15, 0.2) is 5.65 Å². The van der Waals surface area contributed by atoms with Gasteiger partial charge in [-0.25, -0.2) is 9.97 Å². The first kappa shape index (κ1) is 17.7. The Morgan fingerprint density at radius 3 is 2.65 bits per heavy atom. The minimum Gasteiger partial charge on any atom is -0.394 e. The molecule has 26 heavy (non-hydrogen) atoms. The van der Waals surface area contributed by atoms with E-state index in [-0.39, 0.29) is 12.8 Å². The van der Waals surface area contributed by atoms with Crippen LogP contribution in [0.15, 0.2) is 18.6 Å². The molecule has 0 aromatic carbocycles. The third kappa shape index (κ3) is 3.56. The van der Waals surface area contributed by atoms with Gasteiger partial charge in [0, 0.05) is 18.7 Å². The van der Waals surface area contributed by atoms with Crippen molar-refractivity contribution in [2.45, 2.75) is 75.8 Å². The van der Waals surface area contributed by atoms with Gasteiger partial charge in [-0.15, -0.1) is 0 Å². The summed E-state index contributed by atoms with van der Waals surface area (Å²) >= 11 is 0. The number of nitrogens with zero attached hydrogens (tertiary/aromatic N) is 3. The Labute approximate surface area is 153 Å². The lowest BCUT2D eigenvalue weighted by Gasteiger charge is -2.22. The lowest BCUT2D eigenvalue weighted by molar-refractivity contribution is -0.0432. The van der Waals surface area contributed by atoms with Crippen molar-refractivity contribution in [1.82, 2.24) is 14.5 Å². The molecule has 1 saturated heterocycles. The zero-order valence-electron chi connectivity index (χ0n) is 15.0. The lowest BCUT2D eigenvalue weighted by Crippen LogP contribution is -2.24. The molecule has 1 saturated carbocycles. The highest BCUT2D eigenvalue weighted by atomic mass is 16.5. The van der Waals surface area contributed by atoms with Crippen LogP contribution < -0.4 is 5.32 Å². The highest BCUT2D eigenvalue weighted by Gasteiger charge is 2.35. The Balaban J connectivity index is 1.55. The number of anilines is 1. The zero-order valence-corrected chi connectivity index (χ0v) is 15.0. The van der Waals surface area contributed by atoms with Gasteiger partial charge in [-0.1, -0.05) is 32.1 Å². The van der Waals surface area contributed by atoms with E-state index in [9.17, 15) is 10.2 Å². The van der Waals surface area contributed by atoms with Crippen LogP contribution in [-0.4, -0.2) is 49.6 Å². The van der Waals surface area contributed by atoms with E-state index in [1.165, 1.54) is 44.9 Å². The number of pyridine rings is 1. The van der Waals surface area contributed by atoms with Crippen molar-refractivity contribution in [3.8, 4) is 0 Å². The number of fused-ring (bicyclic) bond motifs is 1. The predicted octanol–water partition coefficient (Wildman–Crippen LogP) is 2.60. The number of aromatic nitrogens is 3. The maximum absolute atomic E-state index is 10.00. The molecule has 0 radical (unpaired) electrons. The molecule has 0 bridgehead atoms. The van der Waals surface area contributed by atoms with Gasteiger partial charge >= 0.3 is 0 Å². The van der Waals surface area contributed by atoms with Crippen LogP contribution in [0.1, 0.15) is 57.6 Å². The molecule has 3 N–H and O–H groups in total. The highest BCUT2D eigenvalue weighted by molar-refractivity contribution is 5.85. The summed E-state index contributed by atoms with van der Waals surface area (Å²) in [7, 11) is 0. The average Bonchev–Trinajstić information content (AvgIpc) is 3.20. The Morgan fingerprint density at radius 2 is 1.92 bits per heavy atom. The summed E-state index contributed by atoms with van der Waals surface area (Å²) in [5.41, 5.74) is 2.59. The molecule has 3 atom stereocenters. The number of hydrogen-bond donors (Lipinski definition) is 3. The van der Waals surface area contributed by atoms with Crippen molar-refractivity contribution < 1.29 is 14.9 Å². The second kappa shape index (κ2) is 7.90. The normalized spacial score (nSPS) is 28.2. The molecule has 0 amide bonds. The van der Waals surface area contributed by atoms with Gasteiger partial charge in [0.25, 0.3) is 0 Å². The maximum Gasteiger partial charge on any atom is 0.164 e. The molecule has 0 unspecified atom stereocenters. The van der Waals surface area contributed by atoms with Crippen LogP contribution in [0.2, 0.25) is 0 Å². The molecule has 1 aliphatic carbocycles. The second-order valence-electron chi connectivity index (χ2n) is 7.48. The minimum absolute atomic E-state index is 0.188. The number of aliphatic hydroxyl groups is 2. The van der Waals surface area contributed by atoms with Gasteiger partial charge < -0.3 is 20.3 Å². The van der Waals surface area contributed by atoms with Crippen LogP contribution in [0.5, 0.6) is 0 Å². The first-order chi connectivity index (χ1) is 12.8. The van der Waals surface area contributed by atoms with Gasteiger partial charge in [-0.3, -0.25) is 4.57 Å². The van der Waals surface area contributed by atoms with E-state index in [1.807, 2.05) is 10.6 Å². The fourth-order valence-corrected chi connectivity index (χ4v) is 4.13. The van der Waals surface area contributed by atoms with E-state index >= 15 is 0 Å². The predicted molar refractivity (Wildman–Crippen MR) is 98.9 cm³/mol. The zero-order chi connectivity index (χ0) is 17.9. The number of hydrogen-bond acceptors (Lipinski definition) is 6. The molecule has 7 nitrogen and oxygen atoms in total. The van der Waals surface area contributed by atoms with Crippen molar-refractivity contribution in [2.24, 2.45) is 0 Å². The SMILES string of the molecule is OC[C@H]1O[C@@H](n2cnc3c(NC4CCCCCCC4)ccnc32)C[C@@H]1O. The van der Waals surface area contributed by atoms with Crippen molar-refractivity contribution >= 4 is 16.9 Å². The first-order valence-corrected chi connectivity index (χ1v) is 9.78. The van der Waals surface area contributed by atoms with E-state index in [0.29, 0.717) is 12.5 Å². The maximum atomic E-state index is 10.00. The number of imidazole rings is 1. The van der Waals surface area contributed by atoms with E-state index in [2.05, 4.69) is 15.3 Å². The Morgan fingerprint density at radius 1 is 1.15 bits per heavy atom. The van der Waals surface area contributed by atoms with Crippen molar-refractivity contribution in [1.29, 1.82) is 0 Å². The first-order valence-electron chi connectivity index (χ1n) is 9.78. The van der Waals surface area contributed by atoms with Gasteiger partial charge in [-0.05, 0) is 18.9 Å². The van der Waals surface area contributed by atoms with Gasteiger partial charge in [0.1, 0.15) is 17.8 Å². The number of rotatable bonds is 4. The summed E-state index contributed by atoms with van der Waals surface area (Å²) < 4.78 is 7.62. The van der Waals surface area contributed by atoms with Crippen LogP contribution >= 0.6 is 0 Å². The second-order valence-corrected chi connectivity index (χ2v) is 7.48. The van der Waals surface area contributed by atoms with E-state index in [1.54, 1.807) is 12.5 Å². The molecule has 2 aliphatic rings. The van der Waals surface area contributed by atoms with Gasteiger partial charge in [-0.2, -0.15) is 0 Å². The summed E-state index contributed by atoms with van der Waals surface area (Å²) in [4.78, 5) is 9.05. The minimum atomic E-state index is -0.668. The molecular weight excluding hydrogens is 332 g/mol.